The first-order valence-corrected chi connectivity index (χ1v) is 11.6. The maximum Gasteiger partial charge on any atom is 0.277 e. The van der Waals surface area contributed by atoms with Gasteiger partial charge in [0.05, 0.1) is 25.5 Å². The molecular formula is C25H27N5O5. The fraction of sp³-hybridized carbons (Fsp3) is 0.360. The number of benzene rings is 2. The fourth-order valence-corrected chi connectivity index (χ4v) is 4.56. The molecule has 3 aromatic rings. The Labute approximate surface area is 202 Å². The molecule has 2 N–H and O–H groups in total. The highest BCUT2D eigenvalue weighted by Gasteiger charge is 2.35. The first-order chi connectivity index (χ1) is 17.0. The summed E-state index contributed by atoms with van der Waals surface area (Å²) in [5.74, 6) is 1.27. The monoisotopic (exact) mass is 477 g/mol. The van der Waals surface area contributed by atoms with E-state index in [4.69, 9.17) is 14.2 Å². The number of ether oxygens (including phenoxy) is 3. The molecule has 182 valence electrons. The van der Waals surface area contributed by atoms with Gasteiger partial charge in [-0.3, -0.25) is 9.59 Å². The highest BCUT2D eigenvalue weighted by Crippen LogP contribution is 2.42. The Morgan fingerprint density at radius 1 is 1.20 bits per heavy atom. The van der Waals surface area contributed by atoms with Crippen LogP contribution < -0.4 is 19.5 Å². The van der Waals surface area contributed by atoms with Crippen LogP contribution in [0.2, 0.25) is 0 Å². The highest BCUT2D eigenvalue weighted by atomic mass is 16.5. The van der Waals surface area contributed by atoms with E-state index >= 15 is 0 Å². The van der Waals surface area contributed by atoms with Gasteiger partial charge in [-0.15, -0.1) is 0 Å². The second kappa shape index (κ2) is 9.65. The summed E-state index contributed by atoms with van der Waals surface area (Å²) in [4.78, 5) is 27.6. The third-order valence-corrected chi connectivity index (χ3v) is 6.28. The van der Waals surface area contributed by atoms with Crippen molar-refractivity contribution in [3.8, 4) is 17.2 Å². The van der Waals surface area contributed by atoms with Crippen molar-refractivity contribution in [1.82, 2.24) is 25.6 Å². The van der Waals surface area contributed by atoms with Gasteiger partial charge in [-0.05, 0) is 60.7 Å². The number of hydrogen-bond donors (Lipinski definition) is 2. The largest absolute Gasteiger partial charge is 0.494 e. The molecule has 1 atom stereocenters. The van der Waals surface area contributed by atoms with Crippen LogP contribution in [0.3, 0.4) is 0 Å². The highest BCUT2D eigenvalue weighted by molar-refractivity contribution is 5.94. The molecular weight excluding hydrogens is 450 g/mol. The van der Waals surface area contributed by atoms with E-state index in [1.807, 2.05) is 41.3 Å². The number of aromatic nitrogens is 3. The van der Waals surface area contributed by atoms with Crippen molar-refractivity contribution < 1.29 is 23.8 Å². The smallest absolute Gasteiger partial charge is 0.277 e. The van der Waals surface area contributed by atoms with Crippen LogP contribution in [0.1, 0.15) is 45.3 Å². The molecule has 3 aliphatic rings. The van der Waals surface area contributed by atoms with Crippen LogP contribution in [0.15, 0.2) is 36.4 Å². The minimum atomic E-state index is -0.398. The fourth-order valence-electron chi connectivity index (χ4n) is 4.56. The number of aromatic amines is 1. The molecule has 0 fully saturated rings. The average Bonchev–Trinajstić information content (AvgIpc) is 3.30. The van der Waals surface area contributed by atoms with Gasteiger partial charge in [0.1, 0.15) is 5.75 Å². The van der Waals surface area contributed by atoms with Gasteiger partial charge in [-0.1, -0.05) is 12.1 Å². The van der Waals surface area contributed by atoms with Crippen molar-refractivity contribution in [3.05, 3.63) is 64.5 Å². The quantitative estimate of drug-likeness (QED) is 0.581. The molecule has 3 aliphatic heterocycles. The molecule has 1 aromatic heterocycles. The van der Waals surface area contributed by atoms with Crippen LogP contribution in [0.5, 0.6) is 17.2 Å². The lowest BCUT2D eigenvalue weighted by atomic mass is 9.87. The molecule has 35 heavy (non-hydrogen) atoms. The lowest BCUT2D eigenvalue weighted by molar-refractivity contribution is -0.123. The zero-order chi connectivity index (χ0) is 24.4. The average molecular weight is 478 g/mol. The molecule has 2 aromatic carbocycles. The second-order valence-electron chi connectivity index (χ2n) is 8.52. The van der Waals surface area contributed by atoms with Crippen LogP contribution in [-0.4, -0.2) is 65.5 Å². The molecule has 0 aliphatic carbocycles. The van der Waals surface area contributed by atoms with Crippen molar-refractivity contribution >= 4 is 11.8 Å². The summed E-state index contributed by atoms with van der Waals surface area (Å²) in [6.45, 7) is 3.04. The molecule has 1 unspecified atom stereocenters. The first kappa shape index (κ1) is 22.7. The number of nitrogens with one attached hydrogen (secondary N) is 2. The van der Waals surface area contributed by atoms with Crippen LogP contribution in [0.4, 0.5) is 0 Å². The topological polar surface area (TPSA) is 119 Å². The van der Waals surface area contributed by atoms with Gasteiger partial charge < -0.3 is 24.4 Å². The van der Waals surface area contributed by atoms with Crippen molar-refractivity contribution in [3.63, 3.8) is 0 Å². The van der Waals surface area contributed by atoms with E-state index in [0.29, 0.717) is 61.2 Å². The first-order valence-electron chi connectivity index (χ1n) is 11.6. The maximum absolute atomic E-state index is 13.6. The van der Waals surface area contributed by atoms with Gasteiger partial charge in [-0.25, -0.2) is 0 Å². The third kappa shape index (κ3) is 4.51. The lowest BCUT2D eigenvalue weighted by Gasteiger charge is -2.38. The molecule has 6 rings (SSSR count). The number of H-pyrrole nitrogens is 1. The Morgan fingerprint density at radius 2 is 2.09 bits per heavy atom. The Hall–Kier alpha value is -4.08. The molecule has 0 saturated carbocycles. The van der Waals surface area contributed by atoms with E-state index in [1.165, 1.54) is 0 Å². The number of aryl methyl sites for hydroxylation is 1. The van der Waals surface area contributed by atoms with E-state index in [0.717, 1.165) is 16.7 Å². The molecule has 0 radical (unpaired) electrons. The zero-order valence-corrected chi connectivity index (χ0v) is 19.7. The van der Waals surface area contributed by atoms with E-state index in [-0.39, 0.29) is 18.4 Å². The Kier molecular flexibility index (Phi) is 6.26. The Balaban J connectivity index is 1.64. The summed E-state index contributed by atoms with van der Waals surface area (Å²) in [6, 6.07) is 11.2. The molecule has 10 heteroatoms. The SMILES string of the molecule is COc1cc2c3cc1OCC(=O)NCCCOc1cccc(c1)C2N(C(=O)c1n[nH]nc1C)CC3. The Morgan fingerprint density at radius 3 is 2.89 bits per heavy atom. The normalized spacial score (nSPS) is 17.8. The van der Waals surface area contributed by atoms with Crippen molar-refractivity contribution in [2.75, 3.05) is 33.4 Å². The number of rotatable bonds is 2. The van der Waals surface area contributed by atoms with Gasteiger partial charge in [0.25, 0.3) is 11.8 Å². The van der Waals surface area contributed by atoms with E-state index in [9.17, 15) is 9.59 Å². The summed E-state index contributed by atoms with van der Waals surface area (Å²) in [5.41, 5.74) is 3.69. The number of nitrogens with zero attached hydrogens (tertiary/aromatic N) is 3. The molecule has 6 bridgehead atoms. The van der Waals surface area contributed by atoms with Crippen molar-refractivity contribution in [2.45, 2.75) is 25.8 Å². The van der Waals surface area contributed by atoms with Gasteiger partial charge in [0.2, 0.25) is 0 Å². The summed E-state index contributed by atoms with van der Waals surface area (Å²) in [7, 11) is 1.56. The number of hydrogen-bond acceptors (Lipinski definition) is 7. The van der Waals surface area contributed by atoms with Gasteiger partial charge in [-0.2, -0.15) is 15.4 Å². The van der Waals surface area contributed by atoms with E-state index < -0.39 is 6.04 Å². The third-order valence-electron chi connectivity index (χ3n) is 6.28. The van der Waals surface area contributed by atoms with E-state index in [2.05, 4.69) is 20.7 Å². The summed E-state index contributed by atoms with van der Waals surface area (Å²) in [5, 5.41) is 13.5. The van der Waals surface area contributed by atoms with Crippen LogP contribution in [0.25, 0.3) is 0 Å². The van der Waals surface area contributed by atoms with Crippen LogP contribution in [-0.2, 0) is 11.2 Å². The summed E-state index contributed by atoms with van der Waals surface area (Å²) in [6.07, 6.45) is 1.26. The Bertz CT molecular complexity index is 1260. The summed E-state index contributed by atoms with van der Waals surface area (Å²) >= 11 is 0. The number of methoxy groups -OCH3 is 1. The second-order valence-corrected chi connectivity index (χ2v) is 8.52. The van der Waals surface area contributed by atoms with Gasteiger partial charge >= 0.3 is 0 Å². The van der Waals surface area contributed by atoms with Crippen molar-refractivity contribution in [1.29, 1.82) is 0 Å². The molecule has 10 nitrogen and oxygen atoms in total. The van der Waals surface area contributed by atoms with Crippen LogP contribution in [0, 0.1) is 6.92 Å². The molecule has 4 heterocycles. The molecule has 0 spiro atoms. The predicted molar refractivity (Wildman–Crippen MR) is 126 cm³/mol. The van der Waals surface area contributed by atoms with Crippen molar-refractivity contribution in [2.24, 2.45) is 0 Å². The minimum absolute atomic E-state index is 0.117. The standard InChI is InChI=1S/C25H27N5O5/c1-15-23(28-29-27-15)25(32)30-9-7-16-12-21-20(33-2)13-19(16)24(30)17-5-3-6-18(11-17)34-10-4-8-26-22(31)14-35-21/h3,5-6,11-13,24H,4,7-10,14H2,1-2H3,(H,26,31)(H,27,28,29). The van der Waals surface area contributed by atoms with Gasteiger partial charge in [0, 0.05) is 13.1 Å². The van der Waals surface area contributed by atoms with Crippen LogP contribution >= 0.6 is 0 Å². The number of carbonyl (C=O) groups is 2. The predicted octanol–water partition coefficient (Wildman–Crippen LogP) is 2.19. The summed E-state index contributed by atoms with van der Waals surface area (Å²) < 4.78 is 17.4. The number of fused-ring (bicyclic) bond motifs is 8. The number of amides is 2. The molecule has 2 amide bonds. The zero-order valence-electron chi connectivity index (χ0n) is 19.7. The van der Waals surface area contributed by atoms with Gasteiger partial charge in [0.15, 0.2) is 23.8 Å². The molecule has 0 saturated heterocycles. The number of carbonyl (C=O) groups excluding carboxylic acids is 2. The van der Waals surface area contributed by atoms with E-state index in [1.54, 1.807) is 14.0 Å². The lowest BCUT2D eigenvalue weighted by Crippen LogP contribution is -2.41. The maximum atomic E-state index is 13.6. The minimum Gasteiger partial charge on any atom is -0.494 e.